The van der Waals surface area contributed by atoms with Crippen LogP contribution < -0.4 is 10.1 Å². The number of alkyl halides is 3. The van der Waals surface area contributed by atoms with Gasteiger partial charge < -0.3 is 10.1 Å². The topological polar surface area (TPSA) is 100 Å². The van der Waals surface area contributed by atoms with Gasteiger partial charge in [0.1, 0.15) is 5.75 Å². The molecule has 1 N–H and O–H groups in total. The number of halogens is 3. The van der Waals surface area contributed by atoms with E-state index in [1.807, 2.05) is 0 Å². The van der Waals surface area contributed by atoms with E-state index in [1.165, 1.54) is 6.07 Å². The van der Waals surface area contributed by atoms with Gasteiger partial charge in [-0.3, -0.25) is 23.2 Å². The van der Waals surface area contributed by atoms with Crippen LogP contribution in [0.3, 0.4) is 0 Å². The number of benzene rings is 1. The van der Waals surface area contributed by atoms with Crippen LogP contribution in [0.15, 0.2) is 18.2 Å². The van der Waals surface area contributed by atoms with E-state index in [1.54, 1.807) is 20.8 Å². The van der Waals surface area contributed by atoms with E-state index in [9.17, 15) is 27.3 Å². The molecule has 0 bridgehead atoms. The maximum atomic E-state index is 12.3. The maximum absolute atomic E-state index is 12.3. The Labute approximate surface area is 180 Å². The Bertz CT molecular complexity index is 719. The third-order valence-corrected chi connectivity index (χ3v) is 5.04. The number of unbranched alkanes of at least 4 members (excludes halogenated alkanes) is 1. The van der Waals surface area contributed by atoms with Crippen molar-refractivity contribution in [2.75, 3.05) is 26.4 Å². The molecule has 0 spiro atoms. The Morgan fingerprint density at radius 2 is 1.74 bits per heavy atom. The van der Waals surface area contributed by atoms with Gasteiger partial charge in [-0.25, -0.2) is 4.57 Å². The van der Waals surface area contributed by atoms with Gasteiger partial charge in [-0.05, 0) is 51.3 Å². The Kier molecular flexibility index (Phi) is 14.0. The summed E-state index contributed by atoms with van der Waals surface area (Å²) >= 11 is 0. The minimum atomic E-state index is -4.43. The van der Waals surface area contributed by atoms with Crippen LogP contribution in [0.1, 0.15) is 44.7 Å². The average Bonchev–Trinajstić information content (AvgIpc) is 2.66. The van der Waals surface area contributed by atoms with E-state index < -0.39 is 25.5 Å². The molecular formula is C19H29F3NO7P. The standard InChI is InChI=1S/C10H9F3O2.C9H20NO5P/c1-6-3-4-8(10(11,12)13)5-9(6)15-7(2)14;1-3-13-16(12,14-4-2)15-8-6-5-7-10-9-11/h3-5H,1-2H3;9H,3-8H2,1-2H3,(H,10,11). The highest BCUT2D eigenvalue weighted by Crippen LogP contribution is 2.49. The predicted molar refractivity (Wildman–Crippen MR) is 108 cm³/mol. The summed E-state index contributed by atoms with van der Waals surface area (Å²) < 4.78 is 68.3. The molecule has 0 atom stereocenters. The molecule has 8 nitrogen and oxygen atoms in total. The third kappa shape index (κ3) is 13.2. The summed E-state index contributed by atoms with van der Waals surface area (Å²) in [7, 11) is -3.36. The Hall–Kier alpha value is -1.94. The first kappa shape index (κ1) is 29.1. The van der Waals surface area contributed by atoms with E-state index in [4.69, 9.17) is 13.6 Å². The summed E-state index contributed by atoms with van der Waals surface area (Å²) in [4.78, 5) is 20.6. The normalized spacial score (nSPS) is 11.3. The maximum Gasteiger partial charge on any atom is 0.474 e. The highest BCUT2D eigenvalue weighted by molar-refractivity contribution is 7.48. The van der Waals surface area contributed by atoms with Gasteiger partial charge in [-0.15, -0.1) is 0 Å². The van der Waals surface area contributed by atoms with Gasteiger partial charge in [-0.2, -0.15) is 13.2 Å². The second-order valence-corrected chi connectivity index (χ2v) is 7.64. The zero-order valence-corrected chi connectivity index (χ0v) is 18.9. The quantitative estimate of drug-likeness (QED) is 0.156. The van der Waals surface area contributed by atoms with E-state index in [0.717, 1.165) is 25.5 Å². The summed E-state index contributed by atoms with van der Waals surface area (Å²) in [5.74, 6) is -0.699. The number of rotatable bonds is 12. The second kappa shape index (κ2) is 15.0. The van der Waals surface area contributed by atoms with Crippen molar-refractivity contribution in [2.24, 2.45) is 0 Å². The highest BCUT2D eigenvalue weighted by Gasteiger charge is 2.31. The minimum Gasteiger partial charge on any atom is -0.426 e. The Balaban J connectivity index is 0.000000581. The van der Waals surface area contributed by atoms with Crippen molar-refractivity contribution in [1.82, 2.24) is 5.32 Å². The number of hydrogen-bond acceptors (Lipinski definition) is 7. The molecule has 0 aliphatic heterocycles. The van der Waals surface area contributed by atoms with Gasteiger partial charge >= 0.3 is 20.0 Å². The van der Waals surface area contributed by atoms with Crippen LogP contribution in [0.4, 0.5) is 13.2 Å². The molecule has 0 aliphatic carbocycles. The molecular weight excluding hydrogens is 442 g/mol. The molecule has 0 saturated carbocycles. The number of aryl methyl sites for hydroxylation is 1. The molecule has 1 rings (SSSR count). The molecule has 0 heterocycles. The highest BCUT2D eigenvalue weighted by atomic mass is 31.2. The first-order valence-electron chi connectivity index (χ1n) is 9.56. The molecule has 31 heavy (non-hydrogen) atoms. The fourth-order valence-corrected chi connectivity index (χ4v) is 3.24. The molecule has 0 radical (unpaired) electrons. The summed E-state index contributed by atoms with van der Waals surface area (Å²) in [6.07, 6.45) is -2.34. The van der Waals surface area contributed by atoms with Crippen LogP contribution in [-0.2, 0) is 33.9 Å². The fourth-order valence-electron chi connectivity index (χ4n) is 2.03. The fraction of sp³-hybridized carbons (Fsp3) is 0.579. The van der Waals surface area contributed by atoms with Crippen molar-refractivity contribution in [3.63, 3.8) is 0 Å². The Morgan fingerprint density at radius 3 is 2.23 bits per heavy atom. The molecule has 1 amide bonds. The number of carbonyl (C=O) groups excluding carboxylic acids is 2. The molecule has 178 valence electrons. The Morgan fingerprint density at radius 1 is 1.13 bits per heavy atom. The second-order valence-electron chi connectivity index (χ2n) is 5.97. The van der Waals surface area contributed by atoms with Gasteiger partial charge in [-0.1, -0.05) is 6.07 Å². The number of hydrogen-bond donors (Lipinski definition) is 1. The SMILES string of the molecule is CC(=O)Oc1cc(C(F)(F)F)ccc1C.CCOP(=O)(OCC)OCCCCNC=O. The van der Waals surface area contributed by atoms with Crippen molar-refractivity contribution in [3.05, 3.63) is 29.3 Å². The molecule has 1 aromatic carbocycles. The van der Waals surface area contributed by atoms with Crippen LogP contribution in [0.2, 0.25) is 0 Å². The molecule has 0 fully saturated rings. The van der Waals surface area contributed by atoms with E-state index >= 15 is 0 Å². The first-order chi connectivity index (χ1) is 14.5. The van der Waals surface area contributed by atoms with Gasteiger partial charge in [0.05, 0.1) is 25.4 Å². The van der Waals surface area contributed by atoms with Gasteiger partial charge in [0.25, 0.3) is 0 Å². The van der Waals surface area contributed by atoms with Gasteiger partial charge in [0.15, 0.2) is 0 Å². The summed E-state index contributed by atoms with van der Waals surface area (Å²) in [5, 5.41) is 2.53. The van der Waals surface area contributed by atoms with Crippen LogP contribution in [0.5, 0.6) is 5.75 Å². The average molecular weight is 471 g/mol. The van der Waals surface area contributed by atoms with Crippen LogP contribution in [0, 0.1) is 6.92 Å². The molecule has 0 aliphatic rings. The van der Waals surface area contributed by atoms with Gasteiger partial charge in [0, 0.05) is 13.5 Å². The lowest BCUT2D eigenvalue weighted by Crippen LogP contribution is -2.12. The lowest BCUT2D eigenvalue weighted by Gasteiger charge is -2.16. The number of nitrogens with one attached hydrogen (secondary N) is 1. The van der Waals surface area contributed by atoms with Gasteiger partial charge in [0.2, 0.25) is 6.41 Å². The van der Waals surface area contributed by atoms with Crippen LogP contribution in [0.25, 0.3) is 0 Å². The lowest BCUT2D eigenvalue weighted by molar-refractivity contribution is -0.138. The van der Waals surface area contributed by atoms with Crippen LogP contribution in [-0.4, -0.2) is 38.7 Å². The van der Waals surface area contributed by atoms with Crippen molar-refractivity contribution in [3.8, 4) is 5.75 Å². The van der Waals surface area contributed by atoms with Crippen molar-refractivity contribution in [2.45, 2.75) is 46.7 Å². The van der Waals surface area contributed by atoms with E-state index in [2.05, 4.69) is 10.1 Å². The largest absolute Gasteiger partial charge is 0.474 e. The number of esters is 1. The summed E-state index contributed by atoms with van der Waals surface area (Å²) in [6, 6.07) is 3.03. The number of amides is 1. The number of carbonyl (C=O) groups is 2. The smallest absolute Gasteiger partial charge is 0.426 e. The minimum absolute atomic E-state index is 0.0580. The molecule has 0 unspecified atom stereocenters. The molecule has 1 aromatic rings. The predicted octanol–water partition coefficient (Wildman–Crippen LogP) is 4.65. The van der Waals surface area contributed by atoms with Crippen molar-refractivity contribution in [1.29, 1.82) is 0 Å². The van der Waals surface area contributed by atoms with Crippen molar-refractivity contribution >= 4 is 20.2 Å². The van der Waals surface area contributed by atoms with E-state index in [-0.39, 0.29) is 25.6 Å². The molecule has 0 saturated heterocycles. The monoisotopic (exact) mass is 471 g/mol. The lowest BCUT2D eigenvalue weighted by atomic mass is 10.1. The third-order valence-electron chi connectivity index (χ3n) is 3.39. The zero-order valence-electron chi connectivity index (χ0n) is 18.0. The summed E-state index contributed by atoms with van der Waals surface area (Å²) in [5.41, 5.74) is -0.345. The number of phosphoric acid groups is 1. The van der Waals surface area contributed by atoms with Crippen molar-refractivity contribution < 1.29 is 45.6 Å². The zero-order chi connectivity index (χ0) is 23.9. The number of phosphoric ester groups is 1. The molecule has 12 heteroatoms. The first-order valence-corrected chi connectivity index (χ1v) is 11.0. The van der Waals surface area contributed by atoms with Crippen LogP contribution >= 0.6 is 7.82 Å². The molecule has 0 aromatic heterocycles. The summed E-state index contributed by atoms with van der Waals surface area (Å²) in [6.45, 7) is 7.59. The number of ether oxygens (including phenoxy) is 1. The van der Waals surface area contributed by atoms with E-state index in [0.29, 0.717) is 24.9 Å².